The van der Waals surface area contributed by atoms with Crippen molar-refractivity contribution < 1.29 is 9.53 Å². The zero-order valence-corrected chi connectivity index (χ0v) is 10.7. The van der Waals surface area contributed by atoms with Crippen molar-refractivity contribution in [2.24, 2.45) is 5.73 Å². The van der Waals surface area contributed by atoms with Crippen molar-refractivity contribution in [2.45, 2.75) is 38.7 Å². The Morgan fingerprint density at radius 1 is 1.39 bits per heavy atom. The summed E-state index contributed by atoms with van der Waals surface area (Å²) in [6, 6.07) is 5.97. The lowest BCUT2D eigenvalue weighted by Gasteiger charge is -2.25. The van der Waals surface area contributed by atoms with Crippen LogP contribution >= 0.6 is 0 Å². The van der Waals surface area contributed by atoms with E-state index in [1.165, 1.54) is 5.56 Å². The molecule has 0 aromatic heterocycles. The molecule has 0 fully saturated rings. The average Bonchev–Trinajstić information content (AvgIpc) is 2.38. The van der Waals surface area contributed by atoms with Crippen molar-refractivity contribution in [3.8, 4) is 5.75 Å². The third-order valence-electron chi connectivity index (χ3n) is 3.16. The van der Waals surface area contributed by atoms with Crippen molar-refractivity contribution in [2.75, 3.05) is 11.9 Å². The molecule has 98 valence electrons. The van der Waals surface area contributed by atoms with Crippen LogP contribution in [0, 0.1) is 0 Å². The first kappa shape index (κ1) is 12.9. The molecule has 1 aliphatic heterocycles. The first-order valence-electron chi connectivity index (χ1n) is 6.55. The van der Waals surface area contributed by atoms with Gasteiger partial charge in [-0.2, -0.15) is 0 Å². The van der Waals surface area contributed by atoms with Gasteiger partial charge in [-0.05, 0) is 49.9 Å². The maximum atomic E-state index is 11.6. The predicted molar refractivity (Wildman–Crippen MR) is 71.8 cm³/mol. The van der Waals surface area contributed by atoms with E-state index in [2.05, 4.69) is 5.32 Å². The van der Waals surface area contributed by atoms with E-state index in [-0.39, 0.29) is 12.0 Å². The van der Waals surface area contributed by atoms with E-state index in [0.717, 1.165) is 37.2 Å². The Kier molecular flexibility index (Phi) is 4.20. The first-order valence-corrected chi connectivity index (χ1v) is 6.55. The smallest absolute Gasteiger partial charge is 0.265 e. The fourth-order valence-electron chi connectivity index (χ4n) is 2.09. The van der Waals surface area contributed by atoms with Crippen molar-refractivity contribution in [1.82, 2.24) is 0 Å². The van der Waals surface area contributed by atoms with Crippen LogP contribution in [0.1, 0.15) is 31.7 Å². The number of carbonyl (C=O) groups excluding carboxylic acids is 1. The maximum Gasteiger partial charge on any atom is 0.265 e. The Balaban J connectivity index is 2.09. The molecule has 1 aromatic carbocycles. The van der Waals surface area contributed by atoms with Crippen LogP contribution in [0.4, 0.5) is 5.69 Å². The number of carbonyl (C=O) groups is 1. The maximum absolute atomic E-state index is 11.6. The lowest BCUT2D eigenvalue weighted by molar-refractivity contribution is -0.123. The molecule has 4 heteroatoms. The number of hydrogen-bond donors (Lipinski definition) is 2. The van der Waals surface area contributed by atoms with E-state index in [1.807, 2.05) is 25.1 Å². The second kappa shape index (κ2) is 5.87. The van der Waals surface area contributed by atoms with E-state index in [0.29, 0.717) is 6.42 Å². The fourth-order valence-corrected chi connectivity index (χ4v) is 2.09. The molecule has 0 aliphatic carbocycles. The summed E-state index contributed by atoms with van der Waals surface area (Å²) < 4.78 is 5.70. The van der Waals surface area contributed by atoms with Crippen LogP contribution in [0.5, 0.6) is 5.75 Å². The van der Waals surface area contributed by atoms with Gasteiger partial charge < -0.3 is 15.8 Å². The highest BCUT2D eigenvalue weighted by atomic mass is 16.5. The number of aryl methyl sites for hydroxylation is 1. The van der Waals surface area contributed by atoms with Crippen molar-refractivity contribution in [3.05, 3.63) is 23.8 Å². The molecule has 0 bridgehead atoms. The predicted octanol–water partition coefficient (Wildman–Crippen LogP) is 2.08. The SMILES string of the molecule is CCC1Oc2cc(CCCCN)ccc2NC1=O. The van der Waals surface area contributed by atoms with Crippen LogP contribution in [-0.4, -0.2) is 18.6 Å². The van der Waals surface area contributed by atoms with Crippen molar-refractivity contribution in [1.29, 1.82) is 0 Å². The van der Waals surface area contributed by atoms with Crippen LogP contribution in [0.15, 0.2) is 18.2 Å². The number of nitrogens with one attached hydrogen (secondary N) is 1. The molecule has 0 saturated heterocycles. The Morgan fingerprint density at radius 3 is 2.94 bits per heavy atom. The van der Waals surface area contributed by atoms with Crippen LogP contribution in [0.25, 0.3) is 0 Å². The summed E-state index contributed by atoms with van der Waals surface area (Å²) in [4.78, 5) is 11.6. The fraction of sp³-hybridized carbons (Fsp3) is 0.500. The summed E-state index contributed by atoms with van der Waals surface area (Å²) in [7, 11) is 0. The van der Waals surface area contributed by atoms with Gasteiger partial charge in [0.05, 0.1) is 5.69 Å². The second-order valence-corrected chi connectivity index (χ2v) is 4.58. The van der Waals surface area contributed by atoms with E-state index >= 15 is 0 Å². The molecule has 3 N–H and O–H groups in total. The van der Waals surface area contributed by atoms with E-state index < -0.39 is 0 Å². The standard InChI is InChI=1S/C14H20N2O2/c1-2-12-14(17)16-11-7-6-10(5-3-4-8-15)9-13(11)18-12/h6-7,9,12H,2-5,8,15H2,1H3,(H,16,17). The first-order chi connectivity index (χ1) is 8.74. The van der Waals surface area contributed by atoms with Gasteiger partial charge >= 0.3 is 0 Å². The Bertz CT molecular complexity index is 432. The second-order valence-electron chi connectivity index (χ2n) is 4.58. The quantitative estimate of drug-likeness (QED) is 0.784. The molecule has 0 saturated carbocycles. The minimum Gasteiger partial charge on any atom is -0.478 e. The molecule has 0 spiro atoms. The lowest BCUT2D eigenvalue weighted by Crippen LogP contribution is -2.36. The summed E-state index contributed by atoms with van der Waals surface area (Å²) in [5.74, 6) is 0.729. The number of benzene rings is 1. The van der Waals surface area contributed by atoms with Crippen LogP contribution in [0.3, 0.4) is 0 Å². The van der Waals surface area contributed by atoms with E-state index in [4.69, 9.17) is 10.5 Å². The third-order valence-corrected chi connectivity index (χ3v) is 3.16. The summed E-state index contributed by atoms with van der Waals surface area (Å²) in [6.45, 7) is 2.68. The van der Waals surface area contributed by atoms with Gasteiger partial charge in [-0.3, -0.25) is 4.79 Å². The Morgan fingerprint density at radius 2 is 2.22 bits per heavy atom. The molecule has 1 amide bonds. The zero-order valence-electron chi connectivity index (χ0n) is 10.7. The van der Waals surface area contributed by atoms with Gasteiger partial charge in [-0.25, -0.2) is 0 Å². The van der Waals surface area contributed by atoms with E-state index in [9.17, 15) is 4.79 Å². The molecule has 1 atom stereocenters. The number of fused-ring (bicyclic) bond motifs is 1. The minimum atomic E-state index is -0.364. The third kappa shape index (κ3) is 2.82. The van der Waals surface area contributed by atoms with Gasteiger partial charge in [0.15, 0.2) is 6.10 Å². The highest BCUT2D eigenvalue weighted by molar-refractivity contribution is 5.97. The van der Waals surface area contributed by atoms with Crippen LogP contribution in [0.2, 0.25) is 0 Å². The van der Waals surface area contributed by atoms with Crippen LogP contribution in [-0.2, 0) is 11.2 Å². The molecule has 4 nitrogen and oxygen atoms in total. The topological polar surface area (TPSA) is 64.3 Å². The van der Waals surface area contributed by atoms with Gasteiger partial charge in [0.25, 0.3) is 5.91 Å². The molecule has 1 aliphatic rings. The monoisotopic (exact) mass is 248 g/mol. The van der Waals surface area contributed by atoms with Gasteiger partial charge in [-0.15, -0.1) is 0 Å². The normalized spacial score (nSPS) is 17.9. The molecule has 0 radical (unpaired) electrons. The summed E-state index contributed by atoms with van der Waals surface area (Å²) in [6.07, 6.45) is 3.43. The highest BCUT2D eigenvalue weighted by Gasteiger charge is 2.25. The van der Waals surface area contributed by atoms with Gasteiger partial charge in [0.1, 0.15) is 5.75 Å². The molecular weight excluding hydrogens is 228 g/mol. The summed E-state index contributed by atoms with van der Waals surface area (Å²) in [5.41, 5.74) is 7.48. The molecule has 1 aromatic rings. The van der Waals surface area contributed by atoms with Crippen LogP contribution < -0.4 is 15.8 Å². The number of rotatable bonds is 5. The minimum absolute atomic E-state index is 0.0547. The lowest BCUT2D eigenvalue weighted by atomic mass is 10.1. The molecule has 2 rings (SSSR count). The zero-order chi connectivity index (χ0) is 13.0. The molecule has 1 heterocycles. The number of unbranched alkanes of at least 4 members (excludes halogenated alkanes) is 1. The van der Waals surface area contributed by atoms with Gasteiger partial charge in [0.2, 0.25) is 0 Å². The van der Waals surface area contributed by atoms with Crippen molar-refractivity contribution in [3.63, 3.8) is 0 Å². The Labute approximate surface area is 108 Å². The number of anilines is 1. The number of amides is 1. The molecule has 18 heavy (non-hydrogen) atoms. The highest BCUT2D eigenvalue weighted by Crippen LogP contribution is 2.31. The largest absolute Gasteiger partial charge is 0.478 e. The number of hydrogen-bond acceptors (Lipinski definition) is 3. The average molecular weight is 248 g/mol. The van der Waals surface area contributed by atoms with Gasteiger partial charge in [0, 0.05) is 0 Å². The number of nitrogens with two attached hydrogens (primary N) is 1. The summed E-state index contributed by atoms with van der Waals surface area (Å²) in [5, 5.41) is 2.87. The van der Waals surface area contributed by atoms with Crippen molar-refractivity contribution >= 4 is 11.6 Å². The number of ether oxygens (including phenoxy) is 1. The molecular formula is C14H20N2O2. The van der Waals surface area contributed by atoms with Gasteiger partial charge in [-0.1, -0.05) is 13.0 Å². The summed E-state index contributed by atoms with van der Waals surface area (Å²) >= 11 is 0. The molecule has 1 unspecified atom stereocenters. The van der Waals surface area contributed by atoms with E-state index in [1.54, 1.807) is 0 Å². The Hall–Kier alpha value is -1.55.